The predicted octanol–water partition coefficient (Wildman–Crippen LogP) is 4.06. The Hall–Kier alpha value is 0.250. The Balaban J connectivity index is 3.55. The van der Waals surface area contributed by atoms with Crippen LogP contribution in [0.15, 0.2) is 0 Å². The summed E-state index contributed by atoms with van der Waals surface area (Å²) in [6.45, 7) is 11.5. The van der Waals surface area contributed by atoms with Gasteiger partial charge in [-0.2, -0.15) is 0 Å². The molecule has 0 spiro atoms. The third kappa shape index (κ3) is 9.19. The van der Waals surface area contributed by atoms with Crippen molar-refractivity contribution in [3.8, 4) is 0 Å². The molecule has 0 aromatic carbocycles. The first-order valence-corrected chi connectivity index (χ1v) is 6.82. The van der Waals surface area contributed by atoms with Crippen LogP contribution in [-0.2, 0) is 0 Å². The molecule has 1 atom stereocenters. The van der Waals surface area contributed by atoms with E-state index in [4.69, 9.17) is 11.6 Å². The van der Waals surface area contributed by atoms with Crippen molar-refractivity contribution in [2.45, 2.75) is 53.4 Å². The molecule has 0 heterocycles. The molecule has 1 unspecified atom stereocenters. The summed E-state index contributed by atoms with van der Waals surface area (Å²) in [4.78, 5) is 0. The topological polar surface area (TPSA) is 12.0 Å². The first kappa shape index (κ1) is 15.2. The van der Waals surface area contributed by atoms with Gasteiger partial charge in [0.2, 0.25) is 0 Å². The second-order valence-corrected chi connectivity index (χ2v) is 5.86. The van der Waals surface area contributed by atoms with E-state index < -0.39 is 0 Å². The molecule has 0 bridgehead atoms. The van der Waals surface area contributed by atoms with E-state index in [2.05, 4.69) is 33.0 Å². The Bertz CT molecular complexity index is 145. The summed E-state index contributed by atoms with van der Waals surface area (Å²) >= 11 is 5.71. The van der Waals surface area contributed by atoms with Crippen molar-refractivity contribution in [3.05, 3.63) is 0 Å². The molecule has 0 aliphatic rings. The fourth-order valence-corrected chi connectivity index (χ4v) is 2.02. The lowest BCUT2D eigenvalue weighted by Gasteiger charge is -2.25. The molecule has 0 amide bonds. The van der Waals surface area contributed by atoms with Crippen molar-refractivity contribution in [1.29, 1.82) is 0 Å². The summed E-state index contributed by atoms with van der Waals surface area (Å²) in [7, 11) is 0. The summed E-state index contributed by atoms with van der Waals surface area (Å²) in [5.74, 6) is 1.59. The van der Waals surface area contributed by atoms with Gasteiger partial charge < -0.3 is 5.32 Å². The van der Waals surface area contributed by atoms with E-state index >= 15 is 0 Å². The Morgan fingerprint density at radius 1 is 1.33 bits per heavy atom. The van der Waals surface area contributed by atoms with Gasteiger partial charge in [-0.1, -0.05) is 34.1 Å². The van der Waals surface area contributed by atoms with Crippen molar-refractivity contribution in [2.24, 2.45) is 11.3 Å². The van der Waals surface area contributed by atoms with Gasteiger partial charge in [0.05, 0.1) is 0 Å². The first-order chi connectivity index (χ1) is 7.02. The normalized spacial score (nSPS) is 14.2. The zero-order valence-electron chi connectivity index (χ0n) is 10.9. The highest BCUT2D eigenvalue weighted by Crippen LogP contribution is 2.21. The monoisotopic (exact) mass is 233 g/mol. The molecule has 15 heavy (non-hydrogen) atoms. The standard InChI is InChI=1S/C13H28ClN/c1-5-7-12(2)10-15-11-13(3,4)8-6-9-14/h12,15H,5-11H2,1-4H3. The van der Waals surface area contributed by atoms with Crippen molar-refractivity contribution in [2.75, 3.05) is 19.0 Å². The maximum Gasteiger partial charge on any atom is 0.0223 e. The van der Waals surface area contributed by atoms with Gasteiger partial charge in [0.25, 0.3) is 0 Å². The van der Waals surface area contributed by atoms with Gasteiger partial charge in [0, 0.05) is 12.4 Å². The molecule has 0 saturated carbocycles. The molecule has 0 rings (SSSR count). The largest absolute Gasteiger partial charge is 0.316 e. The Labute approximate surface area is 101 Å². The molecule has 2 heteroatoms. The van der Waals surface area contributed by atoms with E-state index in [0.717, 1.165) is 31.3 Å². The summed E-state index contributed by atoms with van der Waals surface area (Å²) in [6.07, 6.45) is 4.96. The van der Waals surface area contributed by atoms with E-state index in [-0.39, 0.29) is 0 Å². The predicted molar refractivity (Wildman–Crippen MR) is 70.7 cm³/mol. The molecule has 0 radical (unpaired) electrons. The van der Waals surface area contributed by atoms with E-state index in [1.54, 1.807) is 0 Å². The second kappa shape index (κ2) is 8.41. The third-order valence-electron chi connectivity index (χ3n) is 2.87. The lowest BCUT2D eigenvalue weighted by atomic mass is 9.88. The fraction of sp³-hybridized carbons (Fsp3) is 1.00. The van der Waals surface area contributed by atoms with Crippen molar-refractivity contribution < 1.29 is 0 Å². The fourth-order valence-electron chi connectivity index (χ4n) is 1.89. The highest BCUT2D eigenvalue weighted by Gasteiger charge is 2.16. The van der Waals surface area contributed by atoms with E-state index in [1.807, 2.05) is 0 Å². The van der Waals surface area contributed by atoms with Gasteiger partial charge in [-0.25, -0.2) is 0 Å². The molecule has 0 aromatic heterocycles. The number of nitrogens with one attached hydrogen (secondary N) is 1. The number of alkyl halides is 1. The SMILES string of the molecule is CCCC(C)CNCC(C)(C)CCCCl. The zero-order chi connectivity index (χ0) is 11.7. The van der Waals surface area contributed by atoms with Crippen LogP contribution in [-0.4, -0.2) is 19.0 Å². The van der Waals surface area contributed by atoms with Crippen molar-refractivity contribution in [1.82, 2.24) is 5.32 Å². The van der Waals surface area contributed by atoms with E-state index in [9.17, 15) is 0 Å². The maximum atomic E-state index is 5.71. The van der Waals surface area contributed by atoms with Crippen LogP contribution in [0.25, 0.3) is 0 Å². The summed E-state index contributed by atoms with van der Waals surface area (Å²) in [6, 6.07) is 0. The van der Waals surface area contributed by atoms with E-state index in [0.29, 0.717) is 5.41 Å². The molecule has 0 aromatic rings. The van der Waals surface area contributed by atoms with Crippen LogP contribution in [0.3, 0.4) is 0 Å². The minimum Gasteiger partial charge on any atom is -0.316 e. The number of hydrogen-bond acceptors (Lipinski definition) is 1. The van der Waals surface area contributed by atoms with Crippen LogP contribution < -0.4 is 5.32 Å². The minimum absolute atomic E-state index is 0.390. The van der Waals surface area contributed by atoms with Gasteiger partial charge in [-0.05, 0) is 37.1 Å². The molecular formula is C13H28ClN. The lowest BCUT2D eigenvalue weighted by Crippen LogP contribution is -2.32. The van der Waals surface area contributed by atoms with Crippen LogP contribution in [0.2, 0.25) is 0 Å². The zero-order valence-corrected chi connectivity index (χ0v) is 11.7. The van der Waals surface area contributed by atoms with Crippen LogP contribution in [0.5, 0.6) is 0 Å². The number of halogens is 1. The molecule has 1 nitrogen and oxygen atoms in total. The van der Waals surface area contributed by atoms with Gasteiger partial charge in [-0.3, -0.25) is 0 Å². The molecule has 0 saturated heterocycles. The van der Waals surface area contributed by atoms with E-state index in [1.165, 1.54) is 19.3 Å². The average Bonchev–Trinajstić information content (AvgIpc) is 2.15. The Morgan fingerprint density at radius 2 is 2.00 bits per heavy atom. The van der Waals surface area contributed by atoms with Gasteiger partial charge in [0.15, 0.2) is 0 Å². The van der Waals surface area contributed by atoms with Gasteiger partial charge >= 0.3 is 0 Å². The van der Waals surface area contributed by atoms with Crippen molar-refractivity contribution >= 4 is 11.6 Å². The third-order valence-corrected chi connectivity index (χ3v) is 3.13. The number of rotatable bonds is 9. The number of hydrogen-bond donors (Lipinski definition) is 1. The minimum atomic E-state index is 0.390. The molecule has 92 valence electrons. The highest BCUT2D eigenvalue weighted by atomic mass is 35.5. The van der Waals surface area contributed by atoms with Crippen LogP contribution in [0.4, 0.5) is 0 Å². The van der Waals surface area contributed by atoms with Crippen molar-refractivity contribution in [3.63, 3.8) is 0 Å². The molecular weight excluding hydrogens is 206 g/mol. The average molecular weight is 234 g/mol. The lowest BCUT2D eigenvalue weighted by molar-refractivity contribution is 0.301. The summed E-state index contributed by atoms with van der Waals surface area (Å²) in [5.41, 5.74) is 0.390. The summed E-state index contributed by atoms with van der Waals surface area (Å²) < 4.78 is 0. The quantitative estimate of drug-likeness (QED) is 0.593. The first-order valence-electron chi connectivity index (χ1n) is 6.28. The highest BCUT2D eigenvalue weighted by molar-refractivity contribution is 6.17. The molecule has 1 N–H and O–H groups in total. The second-order valence-electron chi connectivity index (χ2n) is 5.48. The van der Waals surface area contributed by atoms with Crippen LogP contribution in [0, 0.1) is 11.3 Å². The van der Waals surface area contributed by atoms with Gasteiger partial charge in [0.1, 0.15) is 0 Å². The molecule has 0 fully saturated rings. The van der Waals surface area contributed by atoms with Crippen LogP contribution in [0.1, 0.15) is 53.4 Å². The molecule has 0 aliphatic carbocycles. The van der Waals surface area contributed by atoms with Crippen LogP contribution >= 0.6 is 11.6 Å². The Morgan fingerprint density at radius 3 is 2.53 bits per heavy atom. The smallest absolute Gasteiger partial charge is 0.0223 e. The Kier molecular flexibility index (Phi) is 8.55. The molecule has 0 aliphatic heterocycles. The maximum absolute atomic E-state index is 5.71. The van der Waals surface area contributed by atoms with Gasteiger partial charge in [-0.15, -0.1) is 11.6 Å². The summed E-state index contributed by atoms with van der Waals surface area (Å²) in [5, 5.41) is 3.58.